The molecule has 5 rings (SSSR count). The molecule has 0 radical (unpaired) electrons. The van der Waals surface area contributed by atoms with Gasteiger partial charge in [0.15, 0.2) is 0 Å². The van der Waals surface area contributed by atoms with Crippen LogP contribution >= 0.6 is 11.6 Å². The number of rotatable bonds is 6. The highest BCUT2D eigenvalue weighted by Gasteiger charge is 2.32. The summed E-state index contributed by atoms with van der Waals surface area (Å²) in [6.07, 6.45) is 1.66. The molecular formula is C26H25ClN4O2S. The summed E-state index contributed by atoms with van der Waals surface area (Å²) in [7, 11) is -3.73. The highest BCUT2D eigenvalue weighted by molar-refractivity contribution is 7.89. The summed E-state index contributed by atoms with van der Waals surface area (Å²) in [5, 5.41) is 5.37. The van der Waals surface area contributed by atoms with Crippen molar-refractivity contribution in [1.82, 2.24) is 14.1 Å². The normalized spacial score (nSPS) is 14.9. The SMILES string of the molecule is O=S(=O)(c1cn(Cc2ccccc2)nc1-c1ccccc1)N1CCN(c2cccc(Cl)c2)CC1. The third kappa shape index (κ3) is 4.73. The van der Waals surface area contributed by atoms with Gasteiger partial charge in [-0.1, -0.05) is 78.3 Å². The molecule has 2 heterocycles. The molecule has 8 heteroatoms. The molecule has 0 saturated carbocycles. The van der Waals surface area contributed by atoms with Crippen molar-refractivity contribution in [3.63, 3.8) is 0 Å². The van der Waals surface area contributed by atoms with Crippen LogP contribution in [-0.4, -0.2) is 48.7 Å². The third-order valence-electron chi connectivity index (χ3n) is 5.99. The zero-order valence-electron chi connectivity index (χ0n) is 18.6. The van der Waals surface area contributed by atoms with E-state index < -0.39 is 10.0 Å². The molecule has 1 aromatic heterocycles. The second-order valence-electron chi connectivity index (χ2n) is 8.26. The van der Waals surface area contributed by atoms with E-state index in [9.17, 15) is 8.42 Å². The molecule has 0 N–H and O–H groups in total. The lowest BCUT2D eigenvalue weighted by molar-refractivity contribution is 0.385. The van der Waals surface area contributed by atoms with E-state index in [-0.39, 0.29) is 4.90 Å². The maximum Gasteiger partial charge on any atom is 0.246 e. The molecule has 0 aliphatic carbocycles. The predicted octanol–water partition coefficient (Wildman–Crippen LogP) is 4.76. The van der Waals surface area contributed by atoms with Crippen molar-refractivity contribution < 1.29 is 8.42 Å². The summed E-state index contributed by atoms with van der Waals surface area (Å²) >= 11 is 6.14. The Balaban J connectivity index is 1.43. The van der Waals surface area contributed by atoms with Gasteiger partial charge in [-0.2, -0.15) is 9.40 Å². The van der Waals surface area contributed by atoms with Gasteiger partial charge in [0.05, 0.1) is 6.54 Å². The van der Waals surface area contributed by atoms with Crippen molar-refractivity contribution in [3.8, 4) is 11.3 Å². The molecule has 1 aliphatic heterocycles. The first-order valence-electron chi connectivity index (χ1n) is 11.2. The third-order valence-corrected chi connectivity index (χ3v) is 8.13. The largest absolute Gasteiger partial charge is 0.369 e. The van der Waals surface area contributed by atoms with Crippen LogP contribution in [-0.2, 0) is 16.6 Å². The van der Waals surface area contributed by atoms with Crippen molar-refractivity contribution in [2.45, 2.75) is 11.4 Å². The Morgan fingerprint density at radius 3 is 2.18 bits per heavy atom. The van der Waals surface area contributed by atoms with E-state index in [1.165, 1.54) is 0 Å². The summed E-state index contributed by atoms with van der Waals surface area (Å²) in [4.78, 5) is 2.40. The Kier molecular flexibility index (Phi) is 6.41. The molecule has 0 unspecified atom stereocenters. The number of halogens is 1. The number of nitrogens with zero attached hydrogens (tertiary/aromatic N) is 4. The van der Waals surface area contributed by atoms with Crippen LogP contribution in [0.4, 0.5) is 5.69 Å². The van der Waals surface area contributed by atoms with Gasteiger partial charge < -0.3 is 4.90 Å². The highest BCUT2D eigenvalue weighted by Crippen LogP contribution is 2.30. The van der Waals surface area contributed by atoms with Crippen molar-refractivity contribution in [3.05, 3.63) is 102 Å². The molecule has 0 amide bonds. The molecule has 0 spiro atoms. The Labute approximate surface area is 205 Å². The van der Waals surface area contributed by atoms with Gasteiger partial charge >= 0.3 is 0 Å². The minimum absolute atomic E-state index is 0.242. The highest BCUT2D eigenvalue weighted by atomic mass is 35.5. The van der Waals surface area contributed by atoms with Crippen LogP contribution in [0, 0.1) is 0 Å². The molecule has 0 bridgehead atoms. The first-order valence-corrected chi connectivity index (χ1v) is 13.0. The number of anilines is 1. The quantitative estimate of drug-likeness (QED) is 0.389. The summed E-state index contributed by atoms with van der Waals surface area (Å²) in [5.74, 6) is 0. The molecule has 34 heavy (non-hydrogen) atoms. The van der Waals surface area contributed by atoms with Crippen molar-refractivity contribution in [2.75, 3.05) is 31.1 Å². The summed E-state index contributed by atoms with van der Waals surface area (Å²) in [6, 6.07) is 27.0. The first kappa shape index (κ1) is 22.7. The van der Waals surface area contributed by atoms with Crippen LogP contribution in [0.15, 0.2) is 96.0 Å². The number of benzene rings is 3. The lowest BCUT2D eigenvalue weighted by atomic mass is 10.2. The second kappa shape index (κ2) is 9.62. The number of aromatic nitrogens is 2. The smallest absolute Gasteiger partial charge is 0.246 e. The molecule has 3 aromatic carbocycles. The van der Waals surface area contributed by atoms with Crippen molar-refractivity contribution >= 4 is 27.3 Å². The molecule has 0 atom stereocenters. The van der Waals surface area contributed by atoms with Gasteiger partial charge in [-0.05, 0) is 23.8 Å². The lowest BCUT2D eigenvalue weighted by Gasteiger charge is -2.35. The van der Waals surface area contributed by atoms with Gasteiger partial charge in [-0.15, -0.1) is 0 Å². The first-order chi connectivity index (χ1) is 16.5. The van der Waals surface area contributed by atoms with Crippen LogP contribution in [0.2, 0.25) is 5.02 Å². The fourth-order valence-electron chi connectivity index (χ4n) is 4.24. The summed E-state index contributed by atoms with van der Waals surface area (Å²) < 4.78 is 30.8. The van der Waals surface area contributed by atoms with Gasteiger partial charge in [-0.25, -0.2) is 8.42 Å². The standard InChI is InChI=1S/C26H25ClN4O2S/c27-23-12-7-13-24(18-23)29-14-16-31(17-15-29)34(32,33)25-20-30(19-21-8-3-1-4-9-21)28-26(25)22-10-5-2-6-11-22/h1-13,18,20H,14-17,19H2. The second-order valence-corrected chi connectivity index (χ2v) is 10.6. The van der Waals surface area contributed by atoms with E-state index in [4.69, 9.17) is 16.7 Å². The number of piperazine rings is 1. The van der Waals surface area contributed by atoms with E-state index in [2.05, 4.69) is 4.90 Å². The summed E-state index contributed by atoms with van der Waals surface area (Å²) in [6.45, 7) is 2.48. The van der Waals surface area contributed by atoms with Crippen LogP contribution in [0.1, 0.15) is 5.56 Å². The van der Waals surface area contributed by atoms with E-state index in [1.54, 1.807) is 15.2 Å². The molecular weight excluding hydrogens is 468 g/mol. The minimum atomic E-state index is -3.73. The van der Waals surface area contributed by atoms with Crippen LogP contribution in [0.3, 0.4) is 0 Å². The van der Waals surface area contributed by atoms with E-state index in [0.717, 1.165) is 16.8 Å². The molecule has 1 fully saturated rings. The maximum absolute atomic E-state index is 13.8. The lowest BCUT2D eigenvalue weighted by Crippen LogP contribution is -2.48. The molecule has 4 aromatic rings. The molecule has 6 nitrogen and oxygen atoms in total. The zero-order valence-corrected chi connectivity index (χ0v) is 20.2. The van der Waals surface area contributed by atoms with Crippen LogP contribution in [0.5, 0.6) is 0 Å². The van der Waals surface area contributed by atoms with Gasteiger partial charge in [0.2, 0.25) is 10.0 Å². The Morgan fingerprint density at radius 1 is 0.824 bits per heavy atom. The minimum Gasteiger partial charge on any atom is -0.369 e. The average Bonchev–Trinajstić information content (AvgIpc) is 3.30. The Hall–Kier alpha value is -3.13. The number of sulfonamides is 1. The maximum atomic E-state index is 13.8. The van der Waals surface area contributed by atoms with E-state index in [1.807, 2.05) is 84.9 Å². The Bertz CT molecular complexity index is 1370. The predicted molar refractivity (Wildman–Crippen MR) is 136 cm³/mol. The molecule has 1 saturated heterocycles. The van der Waals surface area contributed by atoms with Crippen LogP contribution in [0.25, 0.3) is 11.3 Å². The topological polar surface area (TPSA) is 58.4 Å². The fraction of sp³-hybridized carbons (Fsp3) is 0.192. The van der Waals surface area contributed by atoms with Crippen LogP contribution < -0.4 is 4.90 Å². The van der Waals surface area contributed by atoms with Gasteiger partial charge in [0.25, 0.3) is 0 Å². The van der Waals surface area contributed by atoms with E-state index in [0.29, 0.717) is 43.4 Å². The molecule has 174 valence electrons. The van der Waals surface area contributed by atoms with Crippen molar-refractivity contribution in [2.24, 2.45) is 0 Å². The Morgan fingerprint density at radius 2 is 1.50 bits per heavy atom. The monoisotopic (exact) mass is 492 g/mol. The van der Waals surface area contributed by atoms with Gasteiger partial charge in [0.1, 0.15) is 10.6 Å². The fourth-order valence-corrected chi connectivity index (χ4v) is 6.00. The number of hydrogen-bond donors (Lipinski definition) is 0. The number of hydrogen-bond acceptors (Lipinski definition) is 4. The summed E-state index contributed by atoms with van der Waals surface area (Å²) in [5.41, 5.74) is 3.33. The zero-order chi connectivity index (χ0) is 23.5. The van der Waals surface area contributed by atoms with Crippen molar-refractivity contribution in [1.29, 1.82) is 0 Å². The molecule has 1 aliphatic rings. The van der Waals surface area contributed by atoms with Gasteiger partial charge in [0, 0.05) is 48.6 Å². The van der Waals surface area contributed by atoms with E-state index >= 15 is 0 Å². The average molecular weight is 493 g/mol. The van der Waals surface area contributed by atoms with Gasteiger partial charge in [-0.3, -0.25) is 4.68 Å².